The van der Waals surface area contributed by atoms with Gasteiger partial charge in [0.05, 0.1) is 0 Å². The van der Waals surface area contributed by atoms with Crippen LogP contribution in [0, 0.1) is 0 Å². The van der Waals surface area contributed by atoms with E-state index in [4.69, 9.17) is 15.1 Å². The predicted octanol–water partition coefficient (Wildman–Crippen LogP) is -4.94. The molecule has 0 heterocycles. The van der Waals surface area contributed by atoms with Crippen LogP contribution in [0.3, 0.4) is 0 Å². The van der Waals surface area contributed by atoms with Gasteiger partial charge in [-0.15, -0.1) is 0 Å². The molecule has 0 unspecified atom stereocenters. The average Bonchev–Trinajstić information content (AvgIpc) is 0.811. The third-order valence-electron chi connectivity index (χ3n) is 0. The van der Waals surface area contributed by atoms with Crippen LogP contribution in [0.5, 0.6) is 0 Å². The van der Waals surface area contributed by atoms with Gasteiger partial charge >= 0.3 is 36.9 Å². The molecule has 0 aromatic carbocycles. The van der Waals surface area contributed by atoms with Gasteiger partial charge in [0.1, 0.15) is 0 Å². The van der Waals surface area contributed by atoms with Gasteiger partial charge in [-0.25, -0.2) is 0 Å². The van der Waals surface area contributed by atoms with Crippen LogP contribution >= 0.6 is 0 Å². The van der Waals surface area contributed by atoms with Crippen LogP contribution < -0.4 is 29.6 Å². The number of hydrogen-bond donors (Lipinski definition) is 3. The van der Waals surface area contributed by atoms with Crippen LogP contribution in [0.1, 0.15) is 1.43 Å². The summed E-state index contributed by atoms with van der Waals surface area (Å²) in [6.07, 6.45) is 0. The van der Waals surface area contributed by atoms with Crippen LogP contribution in [-0.4, -0.2) is 22.4 Å². The van der Waals surface area contributed by atoms with Gasteiger partial charge in [-0.3, -0.25) is 0 Å². The summed E-state index contributed by atoms with van der Waals surface area (Å²) < 4.78 is 0. The summed E-state index contributed by atoms with van der Waals surface area (Å²) in [7, 11) is -2.17. The van der Waals surface area contributed by atoms with Crippen LogP contribution in [0.2, 0.25) is 0 Å². The first-order chi connectivity index (χ1) is 1.73. The topological polar surface area (TPSA) is 60.7 Å². The maximum absolute atomic E-state index is 7.17. The SMILES string of the molecule is OB(O)O.[Ag].[H-].[Na+]. The van der Waals surface area contributed by atoms with Crippen molar-refractivity contribution >= 4 is 7.32 Å². The van der Waals surface area contributed by atoms with Crippen LogP contribution in [0.25, 0.3) is 0 Å². The Labute approximate surface area is 75.2 Å². The number of hydrogen-bond acceptors (Lipinski definition) is 3. The Hall–Kier alpha value is 1.69. The van der Waals surface area contributed by atoms with Crippen molar-refractivity contribution in [3.05, 3.63) is 0 Å². The van der Waals surface area contributed by atoms with Crippen LogP contribution in [-0.2, 0) is 22.4 Å². The molecule has 0 fully saturated rings. The Morgan fingerprint density at radius 3 is 1.17 bits per heavy atom. The summed E-state index contributed by atoms with van der Waals surface area (Å²) >= 11 is 0. The van der Waals surface area contributed by atoms with E-state index < -0.39 is 7.32 Å². The molecule has 0 aromatic heterocycles. The Balaban J connectivity index is -0.0000000150. The zero-order chi connectivity index (χ0) is 3.58. The molecule has 0 spiro atoms. The van der Waals surface area contributed by atoms with E-state index in [1.54, 1.807) is 0 Å². The molecule has 0 aliphatic carbocycles. The van der Waals surface area contributed by atoms with Gasteiger partial charge in [0.15, 0.2) is 0 Å². The third kappa shape index (κ3) is 43.9. The Morgan fingerprint density at radius 2 is 1.17 bits per heavy atom. The van der Waals surface area contributed by atoms with Gasteiger partial charge in [0.2, 0.25) is 0 Å². The number of rotatable bonds is 0. The first-order valence-electron chi connectivity index (χ1n) is 0.775. The van der Waals surface area contributed by atoms with Gasteiger partial charge in [-0.1, -0.05) is 0 Å². The van der Waals surface area contributed by atoms with Gasteiger partial charge in [0.25, 0.3) is 0 Å². The molecule has 1 radical (unpaired) electrons. The summed E-state index contributed by atoms with van der Waals surface area (Å²) in [6.45, 7) is 0. The average molecular weight is 194 g/mol. The molecule has 6 heavy (non-hydrogen) atoms. The van der Waals surface area contributed by atoms with E-state index >= 15 is 0 Å². The van der Waals surface area contributed by atoms with E-state index in [1.807, 2.05) is 0 Å². The standard InChI is InChI=1S/Ag.BH3O3.Na.H/c;2-1(3)4;;/h;2-4H;;/q;;+1;-1. The first kappa shape index (κ1) is 15.6. The molecule has 0 amide bonds. The summed E-state index contributed by atoms with van der Waals surface area (Å²) in [5.41, 5.74) is 0. The molecule has 0 aliphatic rings. The Bertz CT molecular complexity index is 19.7. The second kappa shape index (κ2) is 9.84. The molecule has 37 valence electrons. The molecule has 3 nitrogen and oxygen atoms in total. The molecule has 3 N–H and O–H groups in total. The Kier molecular flexibility index (Phi) is 25.7. The van der Waals surface area contributed by atoms with Crippen molar-refractivity contribution < 1.29 is 68.4 Å². The largest absolute Gasteiger partial charge is 1.00 e. The summed E-state index contributed by atoms with van der Waals surface area (Å²) in [5.74, 6) is 0. The minimum atomic E-state index is -2.17. The predicted molar refractivity (Wildman–Crippen MR) is 13.5 cm³/mol. The van der Waals surface area contributed by atoms with Crippen molar-refractivity contribution in [2.75, 3.05) is 0 Å². The molecule has 6 heteroatoms. The third-order valence-corrected chi connectivity index (χ3v) is 0. The minimum absolute atomic E-state index is 0. The molecule has 0 rings (SSSR count). The first-order valence-corrected chi connectivity index (χ1v) is 0.775. The van der Waals surface area contributed by atoms with E-state index in [1.165, 1.54) is 0 Å². The summed E-state index contributed by atoms with van der Waals surface area (Å²) in [4.78, 5) is 0. The Morgan fingerprint density at radius 1 is 1.17 bits per heavy atom. The van der Waals surface area contributed by atoms with Crippen molar-refractivity contribution in [1.82, 2.24) is 0 Å². The van der Waals surface area contributed by atoms with E-state index in [0.717, 1.165) is 0 Å². The minimum Gasteiger partial charge on any atom is -1.00 e. The van der Waals surface area contributed by atoms with Gasteiger partial charge < -0.3 is 16.5 Å². The molecular formula is H4AgBNaO3. The molecule has 0 aliphatic heterocycles. The van der Waals surface area contributed by atoms with Gasteiger partial charge in [0, 0.05) is 22.4 Å². The van der Waals surface area contributed by atoms with Crippen molar-refractivity contribution in [3.8, 4) is 0 Å². The molecule has 0 atom stereocenters. The van der Waals surface area contributed by atoms with E-state index in [2.05, 4.69) is 0 Å². The maximum Gasteiger partial charge on any atom is 1.00 e. The van der Waals surface area contributed by atoms with E-state index in [9.17, 15) is 0 Å². The molecule has 0 saturated heterocycles. The normalized spacial score (nSPS) is 4.50. The monoisotopic (exact) mass is 193 g/mol. The van der Waals surface area contributed by atoms with Crippen molar-refractivity contribution in [1.29, 1.82) is 0 Å². The second-order valence-electron chi connectivity index (χ2n) is 0.346. The van der Waals surface area contributed by atoms with Crippen molar-refractivity contribution in [2.45, 2.75) is 0 Å². The molecule has 0 bridgehead atoms. The van der Waals surface area contributed by atoms with Crippen LogP contribution in [0.4, 0.5) is 0 Å². The molecular weight excluding hydrogens is 190 g/mol. The second-order valence-corrected chi connectivity index (χ2v) is 0.346. The smallest absolute Gasteiger partial charge is 1.00 e. The zero-order valence-electron chi connectivity index (χ0n) is 4.22. The maximum atomic E-state index is 7.17. The van der Waals surface area contributed by atoms with Crippen molar-refractivity contribution in [3.63, 3.8) is 0 Å². The fourth-order valence-corrected chi connectivity index (χ4v) is 0. The van der Waals surface area contributed by atoms with Crippen LogP contribution in [0.15, 0.2) is 0 Å². The molecule has 0 aromatic rings. The van der Waals surface area contributed by atoms with Gasteiger partial charge in [-0.2, -0.15) is 0 Å². The van der Waals surface area contributed by atoms with Gasteiger partial charge in [-0.05, 0) is 0 Å². The van der Waals surface area contributed by atoms with E-state index in [-0.39, 0.29) is 53.4 Å². The zero-order valence-corrected chi connectivity index (χ0v) is 6.70. The quantitative estimate of drug-likeness (QED) is 0.338. The fourth-order valence-electron chi connectivity index (χ4n) is 0. The van der Waals surface area contributed by atoms with Crippen molar-refractivity contribution in [2.24, 2.45) is 0 Å². The summed E-state index contributed by atoms with van der Waals surface area (Å²) in [6, 6.07) is 0. The summed E-state index contributed by atoms with van der Waals surface area (Å²) in [5, 5.41) is 21.5. The van der Waals surface area contributed by atoms with E-state index in [0.29, 0.717) is 0 Å². The fraction of sp³-hybridized carbons (Fsp3) is 0. The molecule has 0 saturated carbocycles.